The number of nitrogens with zero attached hydrogens (tertiary/aromatic N) is 1. The Morgan fingerprint density at radius 2 is 2.12 bits per heavy atom. The number of aromatic hydroxyl groups is 1. The minimum absolute atomic E-state index is 0.0241. The van der Waals surface area contributed by atoms with Gasteiger partial charge >= 0.3 is 0 Å². The van der Waals surface area contributed by atoms with Gasteiger partial charge < -0.3 is 9.84 Å². The van der Waals surface area contributed by atoms with Gasteiger partial charge in [-0.3, -0.25) is 4.79 Å². The van der Waals surface area contributed by atoms with Crippen molar-refractivity contribution in [2.24, 2.45) is 5.10 Å². The molecule has 0 aliphatic rings. The first-order valence-electron chi connectivity index (χ1n) is 8.15. The molecule has 0 unspecified atom stereocenters. The van der Waals surface area contributed by atoms with Gasteiger partial charge in [-0.1, -0.05) is 43.0 Å². The molecule has 1 atom stereocenters. The van der Waals surface area contributed by atoms with E-state index in [9.17, 15) is 9.90 Å². The quantitative estimate of drug-likeness (QED) is 0.401. The minimum Gasteiger partial charge on any atom is -0.507 e. The number of amides is 1. The van der Waals surface area contributed by atoms with Gasteiger partial charge in [0.1, 0.15) is 18.1 Å². The molecule has 6 heteroatoms. The Balaban J connectivity index is 1.83. The Hall–Kier alpha value is -2.73. The molecule has 0 saturated heterocycles. The van der Waals surface area contributed by atoms with E-state index >= 15 is 0 Å². The highest BCUT2D eigenvalue weighted by molar-refractivity contribution is 7.99. The summed E-state index contributed by atoms with van der Waals surface area (Å²) in [4.78, 5) is 12.1. The number of ether oxygens (including phenoxy) is 1. The summed E-state index contributed by atoms with van der Waals surface area (Å²) in [6, 6.07) is 14.8. The maximum Gasteiger partial charge on any atom is 0.252 e. The lowest BCUT2D eigenvalue weighted by Gasteiger charge is -2.09. The molecule has 2 rings (SSSR count). The molecule has 2 N–H and O–H groups in total. The van der Waals surface area contributed by atoms with Crippen LogP contribution in [-0.2, 0) is 10.5 Å². The number of phenols is 1. The molecule has 0 aromatic heterocycles. The molecule has 0 spiro atoms. The van der Waals surface area contributed by atoms with Crippen molar-refractivity contribution >= 4 is 23.9 Å². The van der Waals surface area contributed by atoms with Crippen molar-refractivity contribution in [2.45, 2.75) is 17.9 Å². The first kappa shape index (κ1) is 19.6. The third-order valence-corrected chi connectivity index (χ3v) is 4.67. The third-order valence-electron chi connectivity index (χ3n) is 3.46. The van der Waals surface area contributed by atoms with Crippen LogP contribution in [0, 0.1) is 0 Å². The Kier molecular flexibility index (Phi) is 7.76. The number of hydrogen-bond donors (Lipinski definition) is 2. The summed E-state index contributed by atoms with van der Waals surface area (Å²) in [5, 5.41) is 13.6. The highest BCUT2D eigenvalue weighted by atomic mass is 32.2. The summed E-state index contributed by atoms with van der Waals surface area (Å²) >= 11 is 1.54. The molecule has 2 aromatic rings. The topological polar surface area (TPSA) is 70.9 Å². The van der Waals surface area contributed by atoms with Crippen molar-refractivity contribution in [3.63, 3.8) is 0 Å². The second kappa shape index (κ2) is 10.3. The summed E-state index contributed by atoms with van der Waals surface area (Å²) in [6.45, 7) is 5.76. The first-order chi connectivity index (χ1) is 12.6. The molecule has 136 valence electrons. The van der Waals surface area contributed by atoms with Gasteiger partial charge in [0.2, 0.25) is 0 Å². The van der Waals surface area contributed by atoms with Gasteiger partial charge in [0.25, 0.3) is 5.91 Å². The third kappa shape index (κ3) is 6.29. The molecule has 2 aromatic carbocycles. The number of phenolic OH excluding ortho intramolecular Hbond substituents is 1. The number of benzene rings is 2. The molecular weight excluding hydrogens is 348 g/mol. The molecule has 0 fully saturated rings. The van der Waals surface area contributed by atoms with E-state index in [-0.39, 0.29) is 16.9 Å². The van der Waals surface area contributed by atoms with Crippen LogP contribution >= 0.6 is 11.8 Å². The van der Waals surface area contributed by atoms with E-state index in [0.29, 0.717) is 17.9 Å². The van der Waals surface area contributed by atoms with E-state index in [2.05, 4.69) is 17.1 Å². The molecule has 26 heavy (non-hydrogen) atoms. The zero-order chi connectivity index (χ0) is 18.8. The molecule has 0 heterocycles. The fourth-order valence-corrected chi connectivity index (χ4v) is 2.84. The molecule has 0 aliphatic heterocycles. The second-order valence-electron chi connectivity index (χ2n) is 5.49. The monoisotopic (exact) mass is 370 g/mol. The number of nitrogens with one attached hydrogen (secondary N) is 1. The van der Waals surface area contributed by atoms with Crippen molar-refractivity contribution in [1.29, 1.82) is 0 Å². The number of rotatable bonds is 9. The summed E-state index contributed by atoms with van der Waals surface area (Å²) in [5.41, 5.74) is 4.15. The zero-order valence-electron chi connectivity index (χ0n) is 14.6. The fourth-order valence-electron chi connectivity index (χ4n) is 2.01. The maximum absolute atomic E-state index is 12.1. The Morgan fingerprint density at radius 1 is 1.35 bits per heavy atom. The highest BCUT2D eigenvalue weighted by Crippen LogP contribution is 2.22. The molecular formula is C20H22N2O3S. The molecule has 0 bridgehead atoms. The summed E-state index contributed by atoms with van der Waals surface area (Å²) < 4.78 is 5.33. The van der Waals surface area contributed by atoms with Crippen LogP contribution in [0.25, 0.3) is 0 Å². The van der Waals surface area contributed by atoms with Gasteiger partial charge in [0.05, 0.1) is 11.5 Å². The van der Waals surface area contributed by atoms with Gasteiger partial charge in [-0.2, -0.15) is 5.10 Å². The number of carbonyl (C=O) groups is 1. The smallest absolute Gasteiger partial charge is 0.252 e. The lowest BCUT2D eigenvalue weighted by molar-refractivity contribution is -0.120. The van der Waals surface area contributed by atoms with Gasteiger partial charge in [0.15, 0.2) is 0 Å². The molecule has 0 saturated carbocycles. The fraction of sp³-hybridized carbons (Fsp3) is 0.200. The van der Waals surface area contributed by atoms with Crippen molar-refractivity contribution in [3.05, 3.63) is 72.3 Å². The number of carbonyl (C=O) groups excluding carboxylic acids is 1. The van der Waals surface area contributed by atoms with Gasteiger partial charge in [-0.15, -0.1) is 11.8 Å². The average molecular weight is 370 g/mol. The predicted molar refractivity (Wildman–Crippen MR) is 107 cm³/mol. The Bertz CT molecular complexity index is 763. The standard InChI is InChI=1S/C20H22N2O3S/c1-3-11-25-18-10-9-17(19(23)12-18)13-21-22-20(24)15(2)26-14-16-7-5-4-6-8-16/h3-10,12-13,15,23H,1,11,14H2,2H3,(H,22,24)/b21-13-/t15-/m1/s1. The predicted octanol–water partition coefficient (Wildman–Crippen LogP) is 3.73. The van der Waals surface area contributed by atoms with E-state index in [1.165, 1.54) is 29.6 Å². The number of thioether (sulfide) groups is 1. The Morgan fingerprint density at radius 3 is 2.81 bits per heavy atom. The van der Waals surface area contributed by atoms with Crippen LogP contribution in [0.3, 0.4) is 0 Å². The SMILES string of the molecule is C=CCOc1ccc(/C=N\NC(=O)[C@@H](C)SCc2ccccc2)c(O)c1. The number of hydrazone groups is 1. The van der Waals surface area contributed by atoms with Gasteiger partial charge in [0, 0.05) is 17.4 Å². The van der Waals surface area contributed by atoms with Crippen LogP contribution in [0.2, 0.25) is 0 Å². The van der Waals surface area contributed by atoms with Crippen molar-refractivity contribution in [1.82, 2.24) is 5.43 Å². The van der Waals surface area contributed by atoms with Crippen LogP contribution in [0.15, 0.2) is 66.3 Å². The van der Waals surface area contributed by atoms with E-state index in [1.54, 1.807) is 18.2 Å². The largest absolute Gasteiger partial charge is 0.507 e. The normalized spacial score (nSPS) is 11.9. The minimum atomic E-state index is -0.240. The van der Waals surface area contributed by atoms with Crippen LogP contribution in [-0.4, -0.2) is 29.1 Å². The molecule has 0 aliphatic carbocycles. The first-order valence-corrected chi connectivity index (χ1v) is 9.20. The van der Waals surface area contributed by atoms with Crippen molar-refractivity contribution in [3.8, 4) is 11.5 Å². The van der Waals surface area contributed by atoms with Crippen LogP contribution in [0.4, 0.5) is 0 Å². The summed E-state index contributed by atoms with van der Waals surface area (Å²) in [7, 11) is 0. The molecule has 0 radical (unpaired) electrons. The van der Waals surface area contributed by atoms with E-state index in [4.69, 9.17) is 4.74 Å². The van der Waals surface area contributed by atoms with Crippen LogP contribution in [0.1, 0.15) is 18.1 Å². The van der Waals surface area contributed by atoms with Crippen molar-refractivity contribution in [2.75, 3.05) is 6.61 Å². The highest BCUT2D eigenvalue weighted by Gasteiger charge is 2.12. The van der Waals surface area contributed by atoms with E-state index < -0.39 is 0 Å². The molecule has 5 nitrogen and oxygen atoms in total. The Labute approximate surface area is 157 Å². The van der Waals surface area contributed by atoms with E-state index in [1.807, 2.05) is 37.3 Å². The lowest BCUT2D eigenvalue weighted by Crippen LogP contribution is -2.27. The van der Waals surface area contributed by atoms with Crippen molar-refractivity contribution < 1.29 is 14.6 Å². The number of hydrogen-bond acceptors (Lipinski definition) is 5. The second-order valence-corrected chi connectivity index (χ2v) is 6.82. The van der Waals surface area contributed by atoms with Crippen LogP contribution in [0.5, 0.6) is 11.5 Å². The van der Waals surface area contributed by atoms with Gasteiger partial charge in [-0.25, -0.2) is 5.43 Å². The average Bonchev–Trinajstić information content (AvgIpc) is 2.66. The lowest BCUT2D eigenvalue weighted by atomic mass is 10.2. The van der Waals surface area contributed by atoms with Crippen LogP contribution < -0.4 is 10.2 Å². The van der Waals surface area contributed by atoms with E-state index in [0.717, 1.165) is 5.75 Å². The molecule has 1 amide bonds. The zero-order valence-corrected chi connectivity index (χ0v) is 15.4. The summed E-state index contributed by atoms with van der Waals surface area (Å²) in [6.07, 6.45) is 3.03. The van der Waals surface area contributed by atoms with Gasteiger partial charge in [-0.05, 0) is 24.6 Å². The maximum atomic E-state index is 12.1. The summed E-state index contributed by atoms with van der Waals surface area (Å²) in [5.74, 6) is 1.13.